The Bertz CT molecular complexity index is 1560. The quantitative estimate of drug-likeness (QED) is 0.291. The van der Waals surface area contributed by atoms with Gasteiger partial charge in [-0.3, -0.25) is 4.57 Å². The van der Waals surface area contributed by atoms with E-state index >= 15 is 0 Å². The summed E-state index contributed by atoms with van der Waals surface area (Å²) in [6.45, 7) is 1.20. The Morgan fingerprint density at radius 2 is 1.44 bits per heavy atom. The molecule has 7 heteroatoms. The van der Waals surface area contributed by atoms with Gasteiger partial charge in [0.25, 0.3) is 0 Å². The van der Waals surface area contributed by atoms with Gasteiger partial charge in [0.2, 0.25) is 0 Å². The summed E-state index contributed by atoms with van der Waals surface area (Å²) in [5, 5.41) is 16.8. The normalized spacial score (nSPS) is 11.4. The highest BCUT2D eigenvalue weighted by atomic mass is 32.2. The van der Waals surface area contributed by atoms with Crippen molar-refractivity contribution in [2.24, 2.45) is 0 Å². The average molecular weight is 463 g/mol. The number of aromatic nitrogens is 6. The van der Waals surface area contributed by atoms with E-state index in [0.29, 0.717) is 13.1 Å². The lowest BCUT2D eigenvalue weighted by molar-refractivity contribution is 0.605. The zero-order valence-corrected chi connectivity index (χ0v) is 19.3. The van der Waals surface area contributed by atoms with Crippen LogP contribution in [0.15, 0.2) is 102 Å². The van der Waals surface area contributed by atoms with Crippen LogP contribution in [0.5, 0.6) is 0 Å². The highest BCUT2D eigenvalue weighted by Gasteiger charge is 2.16. The molecule has 0 spiro atoms. The topological polar surface area (TPSA) is 61.4 Å². The fourth-order valence-corrected chi connectivity index (χ4v) is 4.96. The number of pyridine rings is 1. The van der Waals surface area contributed by atoms with E-state index in [1.807, 2.05) is 41.2 Å². The largest absolute Gasteiger partial charge is 0.300 e. The van der Waals surface area contributed by atoms with Crippen LogP contribution in [0, 0.1) is 0 Å². The molecule has 0 atom stereocenters. The molecular formula is C27H22N6S. The van der Waals surface area contributed by atoms with Crippen molar-refractivity contribution in [3.63, 3.8) is 0 Å². The average Bonchev–Trinajstić information content (AvgIpc) is 3.46. The van der Waals surface area contributed by atoms with E-state index in [4.69, 9.17) is 4.98 Å². The monoisotopic (exact) mass is 462 g/mol. The number of rotatable bonds is 7. The van der Waals surface area contributed by atoms with Gasteiger partial charge in [0.15, 0.2) is 16.6 Å². The van der Waals surface area contributed by atoms with Gasteiger partial charge in [-0.1, -0.05) is 90.6 Å². The van der Waals surface area contributed by atoms with E-state index in [-0.39, 0.29) is 0 Å². The Morgan fingerprint density at radius 3 is 2.26 bits per heavy atom. The Morgan fingerprint density at radius 1 is 0.706 bits per heavy atom. The van der Waals surface area contributed by atoms with Gasteiger partial charge in [-0.2, -0.15) is 5.10 Å². The second-order valence-electron chi connectivity index (χ2n) is 8.14. The summed E-state index contributed by atoms with van der Waals surface area (Å²) in [5.74, 6) is 1.70. The van der Waals surface area contributed by atoms with Crippen LogP contribution in [-0.2, 0) is 18.8 Å². The molecule has 0 aliphatic carbocycles. The van der Waals surface area contributed by atoms with Gasteiger partial charge in [-0.25, -0.2) is 9.67 Å². The van der Waals surface area contributed by atoms with Crippen molar-refractivity contribution in [3.8, 4) is 0 Å². The molecule has 166 valence electrons. The summed E-state index contributed by atoms with van der Waals surface area (Å²) >= 11 is 1.70. The van der Waals surface area contributed by atoms with Gasteiger partial charge in [0, 0.05) is 16.5 Å². The molecular weight excluding hydrogens is 440 g/mol. The first-order chi connectivity index (χ1) is 16.8. The summed E-state index contributed by atoms with van der Waals surface area (Å²) in [6, 6.07) is 31.1. The lowest BCUT2D eigenvalue weighted by Crippen LogP contribution is -2.12. The minimum absolute atomic E-state index is 0.501. The van der Waals surface area contributed by atoms with Crippen LogP contribution in [0.2, 0.25) is 0 Å². The van der Waals surface area contributed by atoms with Gasteiger partial charge < -0.3 is 0 Å². The van der Waals surface area contributed by atoms with Crippen LogP contribution >= 0.6 is 11.8 Å². The van der Waals surface area contributed by atoms with Gasteiger partial charge in [0.05, 0.1) is 18.3 Å². The third kappa shape index (κ3) is 4.18. The molecule has 3 heterocycles. The van der Waals surface area contributed by atoms with E-state index in [9.17, 15) is 0 Å². The molecule has 0 N–H and O–H groups in total. The molecule has 0 amide bonds. The molecule has 0 bridgehead atoms. The first-order valence-corrected chi connectivity index (χ1v) is 12.2. The summed E-state index contributed by atoms with van der Waals surface area (Å²) < 4.78 is 4.11. The van der Waals surface area contributed by atoms with Gasteiger partial charge in [-0.15, -0.1) is 10.2 Å². The Balaban J connectivity index is 1.35. The number of hydrogen-bond acceptors (Lipinski definition) is 5. The van der Waals surface area contributed by atoms with E-state index in [1.165, 1.54) is 11.1 Å². The van der Waals surface area contributed by atoms with Gasteiger partial charge >= 0.3 is 0 Å². The van der Waals surface area contributed by atoms with Crippen LogP contribution in [0.1, 0.15) is 17.0 Å². The lowest BCUT2D eigenvalue weighted by atomic mass is 10.2. The predicted octanol–water partition coefficient (Wildman–Crippen LogP) is 5.56. The number of thioether (sulfide) groups is 1. The van der Waals surface area contributed by atoms with Crippen molar-refractivity contribution in [3.05, 3.63) is 114 Å². The number of fused-ring (bicyclic) bond motifs is 2. The van der Waals surface area contributed by atoms with Crippen molar-refractivity contribution in [2.75, 3.05) is 0 Å². The zero-order valence-electron chi connectivity index (χ0n) is 18.5. The first kappa shape index (κ1) is 20.6. The minimum Gasteiger partial charge on any atom is -0.300 e. The predicted molar refractivity (Wildman–Crippen MR) is 136 cm³/mol. The molecule has 0 aliphatic heterocycles. The first-order valence-electron chi connectivity index (χ1n) is 11.2. The van der Waals surface area contributed by atoms with Crippen LogP contribution in [0.4, 0.5) is 0 Å². The highest BCUT2D eigenvalue weighted by molar-refractivity contribution is 7.98. The van der Waals surface area contributed by atoms with Crippen molar-refractivity contribution in [1.29, 1.82) is 0 Å². The van der Waals surface area contributed by atoms with Crippen molar-refractivity contribution in [2.45, 2.75) is 24.0 Å². The number of para-hydroxylation sites is 1. The molecule has 6 aromatic rings. The fraction of sp³-hybridized carbons (Fsp3) is 0.111. The van der Waals surface area contributed by atoms with Crippen molar-refractivity contribution >= 4 is 33.7 Å². The van der Waals surface area contributed by atoms with E-state index in [2.05, 4.69) is 80.5 Å². The van der Waals surface area contributed by atoms with Crippen molar-refractivity contribution in [1.82, 2.24) is 29.5 Å². The van der Waals surface area contributed by atoms with Crippen LogP contribution < -0.4 is 0 Å². The Labute approximate surface area is 201 Å². The van der Waals surface area contributed by atoms with Crippen LogP contribution in [0.25, 0.3) is 21.9 Å². The summed E-state index contributed by atoms with van der Waals surface area (Å²) in [6.07, 6.45) is 1.87. The molecule has 3 aromatic heterocycles. The number of hydrogen-bond donors (Lipinski definition) is 0. The Kier molecular flexibility index (Phi) is 5.53. The number of benzene rings is 3. The van der Waals surface area contributed by atoms with E-state index in [1.54, 1.807) is 11.8 Å². The highest BCUT2D eigenvalue weighted by Crippen LogP contribution is 2.24. The zero-order chi connectivity index (χ0) is 22.7. The van der Waals surface area contributed by atoms with Crippen LogP contribution in [0.3, 0.4) is 0 Å². The van der Waals surface area contributed by atoms with Crippen LogP contribution in [-0.4, -0.2) is 29.5 Å². The van der Waals surface area contributed by atoms with E-state index in [0.717, 1.165) is 38.7 Å². The molecule has 0 radical (unpaired) electrons. The molecule has 0 saturated carbocycles. The summed E-state index contributed by atoms with van der Waals surface area (Å²) in [5.41, 5.74) is 4.28. The molecule has 6 nitrogen and oxygen atoms in total. The molecule has 0 aliphatic rings. The second kappa shape index (κ2) is 9.11. The maximum atomic E-state index is 4.87. The second-order valence-corrected chi connectivity index (χ2v) is 9.08. The maximum Gasteiger partial charge on any atom is 0.191 e. The summed E-state index contributed by atoms with van der Waals surface area (Å²) in [7, 11) is 0. The Hall–Kier alpha value is -3.97. The molecule has 6 rings (SSSR count). The third-order valence-electron chi connectivity index (χ3n) is 5.79. The molecule has 0 fully saturated rings. The van der Waals surface area contributed by atoms with Crippen molar-refractivity contribution < 1.29 is 0 Å². The molecule has 3 aromatic carbocycles. The molecule has 0 saturated heterocycles. The standard InChI is InChI=1S/C27H22N6S/c1-3-9-20(10-4-1)17-32-25(30-31-27(32)34-19-21-11-5-2-6-12-21)18-33-26-23(16-28-33)15-22-13-7-8-14-24(22)29-26/h1-16H,17-19H2. The molecule has 34 heavy (non-hydrogen) atoms. The lowest BCUT2D eigenvalue weighted by Gasteiger charge is -2.11. The SMILES string of the molecule is c1ccc(CSc2nnc(Cn3ncc4cc5ccccc5nc43)n2Cc2ccccc2)cc1. The minimum atomic E-state index is 0.501. The van der Waals surface area contributed by atoms with Gasteiger partial charge in [-0.05, 0) is 23.3 Å². The molecule has 0 unspecified atom stereocenters. The third-order valence-corrected chi connectivity index (χ3v) is 6.83. The maximum absolute atomic E-state index is 4.87. The fourth-order valence-electron chi connectivity index (χ4n) is 4.05. The van der Waals surface area contributed by atoms with Gasteiger partial charge in [0.1, 0.15) is 6.54 Å². The smallest absolute Gasteiger partial charge is 0.191 e. The summed E-state index contributed by atoms with van der Waals surface area (Å²) in [4.78, 5) is 4.87. The van der Waals surface area contributed by atoms with E-state index < -0.39 is 0 Å². The number of nitrogens with zero attached hydrogens (tertiary/aromatic N) is 6.